The number of rotatable bonds is 17. The first kappa shape index (κ1) is 26.5. The fraction of sp³-hybridized carbons (Fsp3) is 0.571. The summed E-state index contributed by atoms with van der Waals surface area (Å²) < 4.78 is 21.3. The van der Waals surface area contributed by atoms with E-state index in [0.717, 1.165) is 0 Å². The van der Waals surface area contributed by atoms with Crippen LogP contribution in [0.5, 0.6) is 0 Å². The van der Waals surface area contributed by atoms with E-state index in [1.807, 2.05) is 13.8 Å². The van der Waals surface area contributed by atoms with Gasteiger partial charge in [0, 0.05) is 24.2 Å². The zero-order chi connectivity index (χ0) is 22.9. The van der Waals surface area contributed by atoms with Crippen LogP contribution in [0, 0.1) is 0 Å². The van der Waals surface area contributed by atoms with E-state index >= 15 is 0 Å². The molecule has 31 heavy (non-hydrogen) atoms. The van der Waals surface area contributed by atoms with Gasteiger partial charge in [-0.3, -0.25) is 14.4 Å². The third-order valence-electron chi connectivity index (χ3n) is 3.82. The first-order valence-corrected chi connectivity index (χ1v) is 10.2. The van der Waals surface area contributed by atoms with Crippen LogP contribution in [0.25, 0.3) is 0 Å². The Balaban J connectivity index is 1.89. The number of hydrogen-bond acceptors (Lipinski definition) is 7. The molecule has 0 aliphatic rings. The van der Waals surface area contributed by atoms with Gasteiger partial charge in [0.1, 0.15) is 6.61 Å². The predicted octanol–water partition coefficient (Wildman–Crippen LogP) is 0.106. The van der Waals surface area contributed by atoms with Gasteiger partial charge in [-0.2, -0.15) is 0 Å². The lowest BCUT2D eigenvalue weighted by Gasteiger charge is -2.09. The van der Waals surface area contributed by atoms with Crippen molar-refractivity contribution in [2.45, 2.75) is 20.0 Å². The normalized spacial score (nSPS) is 10.8. The van der Waals surface area contributed by atoms with Crippen LogP contribution in [-0.4, -0.2) is 83.2 Å². The molecule has 10 nitrogen and oxygen atoms in total. The molecular weight excluding hydrogens is 406 g/mol. The second kappa shape index (κ2) is 16.2. The molecule has 0 atom stereocenters. The van der Waals surface area contributed by atoms with Gasteiger partial charge in [0.2, 0.25) is 11.8 Å². The summed E-state index contributed by atoms with van der Waals surface area (Å²) in [6, 6.07) is 6.10. The molecule has 4 N–H and O–H groups in total. The van der Waals surface area contributed by atoms with Crippen LogP contribution < -0.4 is 16.4 Å². The largest absolute Gasteiger partial charge is 0.377 e. The number of primary amides is 1. The summed E-state index contributed by atoms with van der Waals surface area (Å²) in [5, 5.41) is 5.42. The van der Waals surface area contributed by atoms with Crippen molar-refractivity contribution in [1.29, 1.82) is 0 Å². The zero-order valence-corrected chi connectivity index (χ0v) is 18.2. The van der Waals surface area contributed by atoms with Crippen molar-refractivity contribution >= 4 is 17.7 Å². The van der Waals surface area contributed by atoms with Crippen LogP contribution in [0.1, 0.15) is 34.6 Å². The van der Waals surface area contributed by atoms with Gasteiger partial charge < -0.3 is 35.3 Å². The van der Waals surface area contributed by atoms with Gasteiger partial charge in [0.25, 0.3) is 5.91 Å². The molecule has 1 rings (SSSR count). The third-order valence-corrected chi connectivity index (χ3v) is 3.82. The SMILES string of the molecule is CC(C)OCC(=O)NCCOCCOCCOCCNC(=O)c1ccc(C(N)=O)cc1. The molecule has 174 valence electrons. The zero-order valence-electron chi connectivity index (χ0n) is 18.2. The minimum atomic E-state index is -0.536. The first-order chi connectivity index (χ1) is 14.9. The number of ether oxygens (including phenoxy) is 4. The van der Waals surface area contributed by atoms with E-state index in [2.05, 4.69) is 10.6 Å². The van der Waals surface area contributed by atoms with E-state index in [1.165, 1.54) is 12.1 Å². The Kier molecular flexibility index (Phi) is 13.9. The van der Waals surface area contributed by atoms with Crippen LogP contribution in [-0.2, 0) is 23.7 Å². The molecule has 1 aromatic rings. The van der Waals surface area contributed by atoms with Crippen molar-refractivity contribution in [3.63, 3.8) is 0 Å². The molecule has 1 aromatic carbocycles. The Bertz CT molecular complexity index is 665. The van der Waals surface area contributed by atoms with Gasteiger partial charge in [0.05, 0.1) is 45.7 Å². The van der Waals surface area contributed by atoms with Gasteiger partial charge in [-0.15, -0.1) is 0 Å². The van der Waals surface area contributed by atoms with E-state index in [1.54, 1.807) is 12.1 Å². The number of hydrogen-bond donors (Lipinski definition) is 3. The Morgan fingerprint density at radius 1 is 0.806 bits per heavy atom. The van der Waals surface area contributed by atoms with E-state index in [-0.39, 0.29) is 24.5 Å². The molecule has 0 aliphatic carbocycles. The number of amides is 3. The van der Waals surface area contributed by atoms with Crippen LogP contribution in [0.2, 0.25) is 0 Å². The van der Waals surface area contributed by atoms with Crippen molar-refractivity contribution in [2.75, 3.05) is 59.3 Å². The molecule has 0 unspecified atom stereocenters. The highest BCUT2D eigenvalue weighted by molar-refractivity contribution is 5.97. The molecule has 3 amide bonds. The van der Waals surface area contributed by atoms with Crippen molar-refractivity contribution < 1.29 is 33.3 Å². The van der Waals surface area contributed by atoms with E-state index in [0.29, 0.717) is 63.9 Å². The monoisotopic (exact) mass is 439 g/mol. The molecule has 10 heteroatoms. The maximum atomic E-state index is 12.0. The summed E-state index contributed by atoms with van der Waals surface area (Å²) >= 11 is 0. The van der Waals surface area contributed by atoms with Gasteiger partial charge in [-0.05, 0) is 38.1 Å². The maximum Gasteiger partial charge on any atom is 0.251 e. The van der Waals surface area contributed by atoms with Crippen molar-refractivity contribution in [2.24, 2.45) is 5.73 Å². The Morgan fingerprint density at radius 3 is 1.81 bits per heavy atom. The molecule has 0 aliphatic heterocycles. The first-order valence-electron chi connectivity index (χ1n) is 10.2. The van der Waals surface area contributed by atoms with Crippen LogP contribution in [0.3, 0.4) is 0 Å². The molecule has 0 saturated heterocycles. The van der Waals surface area contributed by atoms with Crippen LogP contribution in [0.4, 0.5) is 0 Å². The third kappa shape index (κ3) is 13.4. The predicted molar refractivity (Wildman–Crippen MR) is 114 cm³/mol. The quantitative estimate of drug-likeness (QED) is 0.293. The molecule has 0 aromatic heterocycles. The number of nitrogens with one attached hydrogen (secondary N) is 2. The minimum absolute atomic E-state index is 0.0237. The second-order valence-electron chi connectivity index (χ2n) is 6.74. The topological polar surface area (TPSA) is 138 Å². The fourth-order valence-electron chi connectivity index (χ4n) is 2.22. The van der Waals surface area contributed by atoms with Gasteiger partial charge in [-0.1, -0.05) is 0 Å². The highest BCUT2D eigenvalue weighted by atomic mass is 16.5. The summed E-state index contributed by atoms with van der Waals surface area (Å²) in [4.78, 5) is 34.4. The molecular formula is C21H33N3O7. The van der Waals surface area contributed by atoms with Crippen molar-refractivity contribution in [3.05, 3.63) is 35.4 Å². The fourth-order valence-corrected chi connectivity index (χ4v) is 2.22. The highest BCUT2D eigenvalue weighted by Crippen LogP contribution is 2.03. The van der Waals surface area contributed by atoms with E-state index < -0.39 is 5.91 Å². The summed E-state index contributed by atoms with van der Waals surface area (Å²) in [5.41, 5.74) is 5.95. The average Bonchev–Trinajstić information content (AvgIpc) is 2.75. The average molecular weight is 440 g/mol. The Labute approximate surface area is 182 Å². The summed E-state index contributed by atoms with van der Waals surface area (Å²) in [6.45, 7) is 6.97. The smallest absolute Gasteiger partial charge is 0.251 e. The molecule has 0 radical (unpaired) electrons. The van der Waals surface area contributed by atoms with Gasteiger partial charge in [0.15, 0.2) is 0 Å². The minimum Gasteiger partial charge on any atom is -0.377 e. The molecule has 0 saturated carbocycles. The summed E-state index contributed by atoms with van der Waals surface area (Å²) in [5.74, 6) is -0.953. The van der Waals surface area contributed by atoms with Crippen molar-refractivity contribution in [1.82, 2.24) is 10.6 Å². The number of carbonyl (C=O) groups excluding carboxylic acids is 3. The van der Waals surface area contributed by atoms with E-state index in [9.17, 15) is 14.4 Å². The number of nitrogens with two attached hydrogens (primary N) is 1. The Morgan fingerprint density at radius 2 is 1.29 bits per heavy atom. The lowest BCUT2D eigenvalue weighted by molar-refractivity contribution is -0.127. The summed E-state index contributed by atoms with van der Waals surface area (Å²) in [6.07, 6.45) is 0.0237. The highest BCUT2D eigenvalue weighted by Gasteiger charge is 2.06. The molecule has 0 bridgehead atoms. The van der Waals surface area contributed by atoms with Crippen molar-refractivity contribution in [3.8, 4) is 0 Å². The maximum absolute atomic E-state index is 12.0. The van der Waals surface area contributed by atoms with Crippen LogP contribution >= 0.6 is 0 Å². The van der Waals surface area contributed by atoms with Crippen LogP contribution in [0.15, 0.2) is 24.3 Å². The second-order valence-corrected chi connectivity index (χ2v) is 6.74. The van der Waals surface area contributed by atoms with E-state index in [4.69, 9.17) is 24.7 Å². The lowest BCUT2D eigenvalue weighted by Crippen LogP contribution is -2.31. The molecule has 0 spiro atoms. The standard InChI is InChI=1S/C21H33N3O7/c1-16(2)31-15-19(25)23-7-9-28-11-13-30-14-12-29-10-8-24-21(27)18-5-3-17(4-6-18)20(22)26/h3-6,16H,7-15H2,1-2H3,(H2,22,26)(H,23,25)(H,24,27). The number of carbonyl (C=O) groups is 3. The van der Waals surface area contributed by atoms with Gasteiger partial charge >= 0.3 is 0 Å². The Hall–Kier alpha value is -2.53. The number of benzene rings is 1. The molecule has 0 fully saturated rings. The lowest BCUT2D eigenvalue weighted by atomic mass is 10.1. The summed E-state index contributed by atoms with van der Waals surface area (Å²) in [7, 11) is 0. The van der Waals surface area contributed by atoms with Gasteiger partial charge in [-0.25, -0.2) is 0 Å². The molecule has 0 heterocycles.